The maximum atomic E-state index is 12.5. The summed E-state index contributed by atoms with van der Waals surface area (Å²) >= 11 is 4.23. The van der Waals surface area contributed by atoms with Gasteiger partial charge in [0, 0.05) is 17.4 Å². The summed E-state index contributed by atoms with van der Waals surface area (Å²) < 4.78 is 1.86. The first-order chi connectivity index (χ1) is 9.45. The third-order valence-electron chi connectivity index (χ3n) is 3.68. The van der Waals surface area contributed by atoms with Gasteiger partial charge in [-0.05, 0) is 56.5 Å². The predicted octanol–water partition coefficient (Wildman–Crippen LogP) is 4.14. The van der Waals surface area contributed by atoms with Crippen LogP contribution in [0.3, 0.4) is 0 Å². The molecule has 0 aliphatic heterocycles. The van der Waals surface area contributed by atoms with Crippen molar-refractivity contribution in [3.63, 3.8) is 0 Å². The van der Waals surface area contributed by atoms with Crippen LogP contribution >= 0.6 is 12.6 Å². The van der Waals surface area contributed by atoms with Gasteiger partial charge in [-0.1, -0.05) is 18.2 Å². The highest BCUT2D eigenvalue weighted by Crippen LogP contribution is 2.24. The molecule has 2 rings (SSSR count). The van der Waals surface area contributed by atoms with Gasteiger partial charge in [-0.15, -0.1) is 0 Å². The largest absolute Gasteiger partial charge is 0.306 e. The average Bonchev–Trinajstić information content (AvgIpc) is 2.41. The molecule has 2 nitrogen and oxygen atoms in total. The Kier molecular flexibility index (Phi) is 4.39. The van der Waals surface area contributed by atoms with Crippen LogP contribution in [0.5, 0.6) is 0 Å². The summed E-state index contributed by atoms with van der Waals surface area (Å²) in [6.45, 7) is 8.26. The minimum atomic E-state index is 0.0609. The third kappa shape index (κ3) is 2.68. The van der Waals surface area contributed by atoms with Crippen molar-refractivity contribution >= 4 is 12.6 Å². The van der Waals surface area contributed by atoms with Gasteiger partial charge < -0.3 is 4.57 Å². The number of aromatic nitrogens is 1. The normalized spacial score (nSPS) is 11.1. The standard InChI is InChI=1S/C17H21NOS/c1-11(2)18-16(8-7-15(10-20)17(18)19)14-6-5-12(3)13(4)9-14/h5-9,11,20H,10H2,1-4H3. The zero-order valence-electron chi connectivity index (χ0n) is 12.5. The molecule has 0 aliphatic carbocycles. The second kappa shape index (κ2) is 5.88. The average molecular weight is 287 g/mol. The minimum absolute atomic E-state index is 0.0609. The molecule has 0 amide bonds. The number of thiol groups is 1. The van der Waals surface area contributed by atoms with Crippen LogP contribution in [0.15, 0.2) is 35.1 Å². The van der Waals surface area contributed by atoms with Crippen LogP contribution in [0, 0.1) is 13.8 Å². The molecule has 0 atom stereocenters. The van der Waals surface area contributed by atoms with Gasteiger partial charge in [0.1, 0.15) is 0 Å². The zero-order chi connectivity index (χ0) is 14.9. The van der Waals surface area contributed by atoms with Crippen LogP contribution in [0.1, 0.15) is 36.6 Å². The molecule has 0 fully saturated rings. The first-order valence-corrected chi connectivity index (χ1v) is 7.52. The summed E-state index contributed by atoms with van der Waals surface area (Å²) in [7, 11) is 0. The Morgan fingerprint density at radius 3 is 2.35 bits per heavy atom. The first kappa shape index (κ1) is 14.9. The lowest BCUT2D eigenvalue weighted by molar-refractivity contribution is 0.582. The molecule has 106 valence electrons. The highest BCUT2D eigenvalue weighted by molar-refractivity contribution is 7.79. The Morgan fingerprint density at radius 2 is 1.80 bits per heavy atom. The second-order valence-corrected chi connectivity index (χ2v) is 5.79. The lowest BCUT2D eigenvalue weighted by Gasteiger charge is -2.18. The molecule has 3 heteroatoms. The van der Waals surface area contributed by atoms with Crippen LogP contribution in [0.4, 0.5) is 0 Å². The molecule has 0 saturated carbocycles. The van der Waals surface area contributed by atoms with Crippen molar-refractivity contribution in [2.45, 2.75) is 39.5 Å². The minimum Gasteiger partial charge on any atom is -0.306 e. The number of hydrogen-bond donors (Lipinski definition) is 1. The van der Waals surface area contributed by atoms with Gasteiger partial charge in [0.25, 0.3) is 5.56 Å². The lowest BCUT2D eigenvalue weighted by Crippen LogP contribution is -2.26. The van der Waals surface area contributed by atoms with E-state index in [1.807, 2.05) is 30.5 Å². The van der Waals surface area contributed by atoms with Crippen molar-refractivity contribution in [1.29, 1.82) is 0 Å². The van der Waals surface area contributed by atoms with E-state index in [0.29, 0.717) is 5.75 Å². The molecule has 0 saturated heterocycles. The van der Waals surface area contributed by atoms with Crippen molar-refractivity contribution in [3.05, 3.63) is 57.4 Å². The molecule has 20 heavy (non-hydrogen) atoms. The summed E-state index contributed by atoms with van der Waals surface area (Å²) in [5, 5.41) is 0. The van der Waals surface area contributed by atoms with Crippen LogP contribution in [0.2, 0.25) is 0 Å². The number of nitrogens with zero attached hydrogens (tertiary/aromatic N) is 1. The Hall–Kier alpha value is -1.48. The predicted molar refractivity (Wildman–Crippen MR) is 88.7 cm³/mol. The van der Waals surface area contributed by atoms with Gasteiger partial charge >= 0.3 is 0 Å². The van der Waals surface area contributed by atoms with E-state index in [9.17, 15) is 4.79 Å². The highest BCUT2D eigenvalue weighted by Gasteiger charge is 2.12. The molecule has 1 aromatic heterocycles. The van der Waals surface area contributed by atoms with Crippen molar-refractivity contribution in [1.82, 2.24) is 4.57 Å². The summed E-state index contributed by atoms with van der Waals surface area (Å²) in [5.74, 6) is 0.471. The fraction of sp³-hybridized carbons (Fsp3) is 0.353. The Bertz CT molecular complexity index is 686. The molecular weight excluding hydrogens is 266 g/mol. The van der Waals surface area contributed by atoms with Crippen LogP contribution in [-0.2, 0) is 5.75 Å². The maximum absolute atomic E-state index is 12.5. The Morgan fingerprint density at radius 1 is 1.10 bits per heavy atom. The number of benzene rings is 1. The number of rotatable bonds is 3. The molecule has 0 radical (unpaired) electrons. The topological polar surface area (TPSA) is 22.0 Å². The quantitative estimate of drug-likeness (QED) is 0.842. The third-order valence-corrected chi connectivity index (χ3v) is 4.03. The van der Waals surface area contributed by atoms with E-state index in [1.54, 1.807) is 0 Å². The Balaban J connectivity index is 2.70. The fourth-order valence-corrected chi connectivity index (χ4v) is 2.60. The molecule has 1 heterocycles. The lowest BCUT2D eigenvalue weighted by atomic mass is 10.0. The van der Waals surface area contributed by atoms with E-state index in [4.69, 9.17) is 0 Å². The number of pyridine rings is 1. The number of hydrogen-bond acceptors (Lipinski definition) is 2. The van der Waals surface area contributed by atoms with Crippen LogP contribution in [0.25, 0.3) is 11.3 Å². The summed E-state index contributed by atoms with van der Waals surface area (Å²) in [6, 6.07) is 10.4. The molecule has 0 aliphatic rings. The van der Waals surface area contributed by atoms with Crippen molar-refractivity contribution < 1.29 is 0 Å². The first-order valence-electron chi connectivity index (χ1n) is 6.88. The molecular formula is C17H21NOS. The second-order valence-electron chi connectivity index (χ2n) is 5.47. The summed E-state index contributed by atoms with van der Waals surface area (Å²) in [4.78, 5) is 12.5. The molecule has 2 aromatic rings. The van der Waals surface area contributed by atoms with Gasteiger partial charge in [0.2, 0.25) is 0 Å². The van der Waals surface area contributed by atoms with Gasteiger partial charge in [-0.3, -0.25) is 4.79 Å². The van der Waals surface area contributed by atoms with Crippen molar-refractivity contribution in [2.24, 2.45) is 0 Å². The monoisotopic (exact) mass is 287 g/mol. The molecule has 0 unspecified atom stereocenters. The van der Waals surface area contributed by atoms with Crippen molar-refractivity contribution in [3.8, 4) is 11.3 Å². The van der Waals surface area contributed by atoms with E-state index < -0.39 is 0 Å². The van der Waals surface area contributed by atoms with E-state index >= 15 is 0 Å². The van der Waals surface area contributed by atoms with E-state index in [2.05, 4.69) is 44.7 Å². The van der Waals surface area contributed by atoms with E-state index in [1.165, 1.54) is 11.1 Å². The van der Waals surface area contributed by atoms with E-state index in [0.717, 1.165) is 16.8 Å². The number of aryl methyl sites for hydroxylation is 2. The summed E-state index contributed by atoms with van der Waals surface area (Å²) in [6.07, 6.45) is 0. The summed E-state index contributed by atoms with van der Waals surface area (Å²) in [5.41, 5.74) is 5.37. The van der Waals surface area contributed by atoms with Gasteiger partial charge in [-0.2, -0.15) is 12.6 Å². The van der Waals surface area contributed by atoms with Crippen LogP contribution < -0.4 is 5.56 Å². The molecule has 0 bridgehead atoms. The molecule has 1 aromatic carbocycles. The van der Waals surface area contributed by atoms with E-state index in [-0.39, 0.29) is 11.6 Å². The SMILES string of the molecule is Cc1ccc(-c2ccc(CS)c(=O)n2C(C)C)cc1C. The van der Waals surface area contributed by atoms with Crippen LogP contribution in [-0.4, -0.2) is 4.57 Å². The Labute approximate surface area is 125 Å². The van der Waals surface area contributed by atoms with Gasteiger partial charge in [-0.25, -0.2) is 0 Å². The highest BCUT2D eigenvalue weighted by atomic mass is 32.1. The van der Waals surface area contributed by atoms with Gasteiger partial charge in [0.05, 0.1) is 5.69 Å². The zero-order valence-corrected chi connectivity index (χ0v) is 13.4. The smallest absolute Gasteiger partial charge is 0.255 e. The molecule has 0 N–H and O–H groups in total. The fourth-order valence-electron chi connectivity index (χ4n) is 2.36. The molecule has 0 spiro atoms. The van der Waals surface area contributed by atoms with Gasteiger partial charge in [0.15, 0.2) is 0 Å². The van der Waals surface area contributed by atoms with Crippen molar-refractivity contribution in [2.75, 3.05) is 0 Å². The maximum Gasteiger partial charge on any atom is 0.255 e.